The van der Waals surface area contributed by atoms with Gasteiger partial charge in [-0.1, -0.05) is 6.07 Å². The molecule has 1 aromatic rings. The van der Waals surface area contributed by atoms with E-state index in [2.05, 4.69) is 4.72 Å². The van der Waals surface area contributed by atoms with E-state index >= 15 is 0 Å². The maximum Gasteiger partial charge on any atom is 0.303 e. The smallest absolute Gasteiger partial charge is 0.303 e. The number of fused-ring (bicyclic) bond motifs is 1. The molecular formula is C15H21NO4S. The standard InChI is InChI=1S/C15H21NO4S/c17-15(18)7-3-4-10-16-21(19,20)14-9-8-12-5-1-2-6-13(12)11-14/h8-9,11,16H,1-7,10H2,(H,17,18). The fourth-order valence-corrected chi connectivity index (χ4v) is 3.69. The molecule has 0 saturated carbocycles. The molecule has 2 rings (SSSR count). The quantitative estimate of drug-likeness (QED) is 0.755. The average molecular weight is 311 g/mol. The first kappa shape index (κ1) is 16.0. The Balaban J connectivity index is 1.94. The molecular weight excluding hydrogens is 290 g/mol. The van der Waals surface area contributed by atoms with Crippen LogP contribution in [0.3, 0.4) is 0 Å². The molecule has 0 bridgehead atoms. The predicted molar refractivity (Wildman–Crippen MR) is 79.8 cm³/mol. The highest BCUT2D eigenvalue weighted by Crippen LogP contribution is 2.23. The minimum absolute atomic E-state index is 0.0700. The van der Waals surface area contributed by atoms with Gasteiger partial charge in [0, 0.05) is 13.0 Å². The Morgan fingerprint density at radius 2 is 1.86 bits per heavy atom. The summed E-state index contributed by atoms with van der Waals surface area (Å²) in [6, 6.07) is 5.34. The van der Waals surface area contributed by atoms with Crippen LogP contribution in [0, 0.1) is 0 Å². The summed E-state index contributed by atoms with van der Waals surface area (Å²) < 4.78 is 26.9. The van der Waals surface area contributed by atoms with Crippen LogP contribution < -0.4 is 4.72 Å². The lowest BCUT2D eigenvalue weighted by molar-refractivity contribution is -0.137. The van der Waals surface area contributed by atoms with Gasteiger partial charge in [0.25, 0.3) is 0 Å². The largest absolute Gasteiger partial charge is 0.481 e. The molecule has 1 aliphatic carbocycles. The molecule has 2 N–H and O–H groups in total. The van der Waals surface area contributed by atoms with Gasteiger partial charge in [0.1, 0.15) is 0 Å². The molecule has 0 spiro atoms. The summed E-state index contributed by atoms with van der Waals surface area (Å²) in [5.74, 6) is -0.854. The topological polar surface area (TPSA) is 83.5 Å². The van der Waals surface area contributed by atoms with E-state index in [0.29, 0.717) is 17.7 Å². The summed E-state index contributed by atoms with van der Waals surface area (Å²) in [7, 11) is -3.49. The third kappa shape index (κ3) is 4.54. The van der Waals surface area contributed by atoms with Crippen molar-refractivity contribution in [2.45, 2.75) is 49.8 Å². The Kier molecular flexibility index (Phi) is 5.36. The van der Waals surface area contributed by atoms with Crippen LogP contribution in [0.2, 0.25) is 0 Å². The minimum Gasteiger partial charge on any atom is -0.481 e. The zero-order chi connectivity index (χ0) is 15.3. The molecule has 0 saturated heterocycles. The first-order valence-electron chi connectivity index (χ1n) is 7.32. The van der Waals surface area contributed by atoms with Gasteiger partial charge in [0.05, 0.1) is 4.90 Å². The van der Waals surface area contributed by atoms with Crippen molar-refractivity contribution in [1.82, 2.24) is 4.72 Å². The Morgan fingerprint density at radius 1 is 1.14 bits per heavy atom. The van der Waals surface area contributed by atoms with Gasteiger partial charge in [-0.15, -0.1) is 0 Å². The van der Waals surface area contributed by atoms with Gasteiger partial charge in [0.2, 0.25) is 10.0 Å². The summed E-state index contributed by atoms with van der Waals surface area (Å²) in [4.78, 5) is 10.7. The van der Waals surface area contributed by atoms with Crippen molar-refractivity contribution in [3.05, 3.63) is 29.3 Å². The molecule has 0 heterocycles. The van der Waals surface area contributed by atoms with Crippen LogP contribution >= 0.6 is 0 Å². The van der Waals surface area contributed by atoms with Crippen LogP contribution in [0.15, 0.2) is 23.1 Å². The highest BCUT2D eigenvalue weighted by molar-refractivity contribution is 7.89. The van der Waals surface area contributed by atoms with Crippen LogP contribution in [0.4, 0.5) is 0 Å². The van der Waals surface area contributed by atoms with Crippen molar-refractivity contribution in [2.75, 3.05) is 6.54 Å². The second-order valence-corrected chi connectivity index (χ2v) is 7.15. The van der Waals surface area contributed by atoms with Gasteiger partial charge in [-0.2, -0.15) is 0 Å². The first-order valence-corrected chi connectivity index (χ1v) is 8.80. The number of hydrogen-bond donors (Lipinski definition) is 2. The third-order valence-corrected chi connectivity index (χ3v) is 5.20. The van der Waals surface area contributed by atoms with Gasteiger partial charge in [-0.3, -0.25) is 4.79 Å². The van der Waals surface area contributed by atoms with Crippen molar-refractivity contribution in [3.8, 4) is 0 Å². The number of hydrogen-bond acceptors (Lipinski definition) is 3. The molecule has 0 amide bonds. The van der Waals surface area contributed by atoms with Crippen LogP contribution in [0.5, 0.6) is 0 Å². The number of aliphatic carboxylic acids is 1. The van der Waals surface area contributed by atoms with E-state index in [4.69, 9.17) is 5.11 Å². The summed E-state index contributed by atoms with van der Waals surface area (Å²) in [6.45, 7) is 0.271. The molecule has 0 aromatic heterocycles. The van der Waals surface area contributed by atoms with Crippen LogP contribution in [-0.2, 0) is 27.7 Å². The van der Waals surface area contributed by atoms with Gasteiger partial charge < -0.3 is 5.11 Å². The van der Waals surface area contributed by atoms with E-state index < -0.39 is 16.0 Å². The molecule has 5 nitrogen and oxygen atoms in total. The number of rotatable bonds is 7. The van der Waals surface area contributed by atoms with Crippen molar-refractivity contribution >= 4 is 16.0 Å². The van der Waals surface area contributed by atoms with Crippen molar-refractivity contribution in [1.29, 1.82) is 0 Å². The molecule has 1 aromatic carbocycles. The Bertz CT molecular complexity index is 610. The molecule has 0 atom stereocenters. The normalized spacial score (nSPS) is 14.7. The number of carboxylic acids is 1. The van der Waals surface area contributed by atoms with Crippen LogP contribution in [0.25, 0.3) is 0 Å². The molecule has 0 fully saturated rings. The average Bonchev–Trinajstić information content (AvgIpc) is 2.46. The second-order valence-electron chi connectivity index (χ2n) is 5.39. The lowest BCUT2D eigenvalue weighted by Gasteiger charge is -2.16. The molecule has 1 aliphatic rings. The summed E-state index contributed by atoms with van der Waals surface area (Å²) in [5, 5.41) is 8.52. The van der Waals surface area contributed by atoms with E-state index in [0.717, 1.165) is 24.8 Å². The fraction of sp³-hybridized carbons (Fsp3) is 0.533. The first-order chi connectivity index (χ1) is 9.99. The number of sulfonamides is 1. The van der Waals surface area contributed by atoms with Gasteiger partial charge >= 0.3 is 5.97 Å². The molecule has 116 valence electrons. The van der Waals surface area contributed by atoms with Gasteiger partial charge in [0.15, 0.2) is 0 Å². The van der Waals surface area contributed by atoms with E-state index in [9.17, 15) is 13.2 Å². The molecule has 0 unspecified atom stereocenters. The van der Waals surface area contributed by atoms with Crippen molar-refractivity contribution in [3.63, 3.8) is 0 Å². The molecule has 6 heteroatoms. The van der Waals surface area contributed by atoms with Gasteiger partial charge in [-0.05, 0) is 61.8 Å². The fourth-order valence-electron chi connectivity index (χ4n) is 2.57. The number of carbonyl (C=O) groups is 1. The number of benzene rings is 1. The monoisotopic (exact) mass is 311 g/mol. The number of carboxylic acid groups (broad SMARTS) is 1. The third-order valence-electron chi connectivity index (χ3n) is 3.74. The summed E-state index contributed by atoms with van der Waals surface area (Å²) in [6.07, 6.45) is 5.31. The number of aryl methyl sites for hydroxylation is 2. The number of unbranched alkanes of at least 4 members (excludes halogenated alkanes) is 1. The number of nitrogens with one attached hydrogen (secondary N) is 1. The predicted octanol–water partition coefficient (Wildman–Crippen LogP) is 2.10. The van der Waals surface area contributed by atoms with E-state index in [1.807, 2.05) is 6.07 Å². The van der Waals surface area contributed by atoms with E-state index in [-0.39, 0.29) is 13.0 Å². The molecule has 0 aliphatic heterocycles. The van der Waals surface area contributed by atoms with Crippen LogP contribution in [0.1, 0.15) is 43.2 Å². The maximum atomic E-state index is 12.2. The summed E-state index contributed by atoms with van der Waals surface area (Å²) >= 11 is 0. The highest BCUT2D eigenvalue weighted by Gasteiger charge is 2.17. The molecule has 0 radical (unpaired) electrons. The van der Waals surface area contributed by atoms with Gasteiger partial charge in [-0.25, -0.2) is 13.1 Å². The summed E-state index contributed by atoms with van der Waals surface area (Å²) in [5.41, 5.74) is 2.39. The van der Waals surface area contributed by atoms with E-state index in [1.165, 1.54) is 12.0 Å². The van der Waals surface area contributed by atoms with Crippen molar-refractivity contribution in [2.24, 2.45) is 0 Å². The Morgan fingerprint density at radius 3 is 2.57 bits per heavy atom. The zero-order valence-corrected chi connectivity index (χ0v) is 12.8. The second kappa shape index (κ2) is 7.04. The highest BCUT2D eigenvalue weighted by atomic mass is 32.2. The zero-order valence-electron chi connectivity index (χ0n) is 12.0. The Labute approximate surface area is 125 Å². The van der Waals surface area contributed by atoms with E-state index in [1.54, 1.807) is 12.1 Å². The van der Waals surface area contributed by atoms with Crippen LogP contribution in [-0.4, -0.2) is 26.0 Å². The minimum atomic E-state index is -3.49. The SMILES string of the molecule is O=C(O)CCCCNS(=O)(=O)c1ccc2c(c1)CCCC2. The van der Waals surface area contributed by atoms with Crippen molar-refractivity contribution < 1.29 is 18.3 Å². The maximum absolute atomic E-state index is 12.2. The Hall–Kier alpha value is -1.40. The lowest BCUT2D eigenvalue weighted by Crippen LogP contribution is -2.25. The molecule has 21 heavy (non-hydrogen) atoms. The lowest BCUT2D eigenvalue weighted by atomic mass is 9.92.